The molecule has 1 saturated carbocycles. The van der Waals surface area contributed by atoms with Crippen LogP contribution in [0.2, 0.25) is 5.02 Å². The first-order chi connectivity index (χ1) is 16.8. The predicted octanol–water partition coefficient (Wildman–Crippen LogP) is 4.08. The second kappa shape index (κ2) is 9.13. The fourth-order valence-corrected chi connectivity index (χ4v) is 5.21. The molecule has 35 heavy (non-hydrogen) atoms. The first-order valence-corrected chi connectivity index (χ1v) is 12.2. The number of aromatic nitrogens is 2. The Morgan fingerprint density at radius 2 is 2.11 bits per heavy atom. The number of aliphatic hydroxyl groups is 1. The third-order valence-electron chi connectivity index (χ3n) is 7.00. The van der Waals surface area contributed by atoms with Gasteiger partial charge in [0.05, 0.1) is 24.9 Å². The second-order valence-corrected chi connectivity index (χ2v) is 9.94. The molecule has 1 fully saturated rings. The largest absolute Gasteiger partial charge is 0.496 e. The number of methoxy groups -OCH3 is 1. The Bertz CT molecular complexity index is 1220. The third-order valence-corrected chi connectivity index (χ3v) is 7.24. The van der Waals surface area contributed by atoms with E-state index in [1.807, 2.05) is 6.92 Å². The number of ether oxygens (including phenoxy) is 1. The van der Waals surface area contributed by atoms with Gasteiger partial charge in [0, 0.05) is 35.4 Å². The lowest BCUT2D eigenvalue weighted by molar-refractivity contribution is -0.120. The van der Waals surface area contributed by atoms with Gasteiger partial charge in [-0.25, -0.2) is 5.01 Å². The maximum atomic E-state index is 13.5. The van der Waals surface area contributed by atoms with Gasteiger partial charge in [0.2, 0.25) is 5.91 Å². The van der Waals surface area contributed by atoms with Gasteiger partial charge in [0.1, 0.15) is 17.4 Å². The minimum Gasteiger partial charge on any atom is -0.496 e. The normalized spacial score (nSPS) is 24.5. The van der Waals surface area contributed by atoms with Gasteiger partial charge in [0.15, 0.2) is 5.66 Å². The molecule has 0 bridgehead atoms. The molecule has 0 saturated heterocycles. The molecule has 2 N–H and O–H groups in total. The van der Waals surface area contributed by atoms with Crippen molar-refractivity contribution in [2.24, 2.45) is 16.0 Å². The van der Waals surface area contributed by atoms with Crippen LogP contribution in [0, 0.1) is 5.92 Å². The van der Waals surface area contributed by atoms with E-state index in [0.29, 0.717) is 34.3 Å². The molecule has 0 radical (unpaired) electrons. The summed E-state index contributed by atoms with van der Waals surface area (Å²) < 4.78 is 7.26. The minimum atomic E-state index is -0.833. The number of rotatable bonds is 6. The van der Waals surface area contributed by atoms with Crippen LogP contribution in [0.3, 0.4) is 0 Å². The molecule has 3 heterocycles. The van der Waals surface area contributed by atoms with Crippen molar-refractivity contribution >= 4 is 35.6 Å². The summed E-state index contributed by atoms with van der Waals surface area (Å²) in [5.41, 5.74) is 0.00861. The fraction of sp³-hybridized carbons (Fsp3) is 0.440. The highest BCUT2D eigenvalue weighted by molar-refractivity contribution is 6.31. The monoisotopic (exact) mass is 496 g/mol. The average molecular weight is 497 g/mol. The van der Waals surface area contributed by atoms with Crippen molar-refractivity contribution in [3.05, 3.63) is 41.7 Å². The lowest BCUT2D eigenvalue weighted by atomic mass is 9.85. The number of allylic oxidation sites excluding steroid dienone is 1. The minimum absolute atomic E-state index is 0.260. The van der Waals surface area contributed by atoms with Crippen LogP contribution in [0.25, 0.3) is 11.3 Å². The lowest BCUT2D eigenvalue weighted by Gasteiger charge is -2.33. The van der Waals surface area contributed by atoms with Crippen molar-refractivity contribution in [1.82, 2.24) is 14.8 Å². The summed E-state index contributed by atoms with van der Waals surface area (Å²) in [7, 11) is 1.58. The molecule has 2 atom stereocenters. The van der Waals surface area contributed by atoms with E-state index in [4.69, 9.17) is 21.4 Å². The number of hydrazone groups is 1. The van der Waals surface area contributed by atoms with E-state index in [1.165, 1.54) is 0 Å². The van der Waals surface area contributed by atoms with Crippen LogP contribution in [-0.4, -0.2) is 56.6 Å². The maximum Gasteiger partial charge on any atom is 0.237 e. The first kappa shape index (κ1) is 23.6. The molecule has 3 aliphatic rings. The molecule has 1 amide bonds. The van der Waals surface area contributed by atoms with Gasteiger partial charge in [-0.1, -0.05) is 30.9 Å². The van der Waals surface area contributed by atoms with Crippen molar-refractivity contribution in [2.75, 3.05) is 12.4 Å². The summed E-state index contributed by atoms with van der Waals surface area (Å²) >= 11 is 6.30. The number of amides is 1. The van der Waals surface area contributed by atoms with E-state index in [1.54, 1.807) is 65.9 Å². The highest BCUT2D eigenvalue weighted by atomic mass is 35.5. The van der Waals surface area contributed by atoms with Crippen molar-refractivity contribution in [1.29, 1.82) is 0 Å². The third kappa shape index (κ3) is 4.46. The van der Waals surface area contributed by atoms with Crippen molar-refractivity contribution in [3.8, 4) is 17.0 Å². The van der Waals surface area contributed by atoms with Crippen molar-refractivity contribution in [3.63, 3.8) is 0 Å². The van der Waals surface area contributed by atoms with Crippen LogP contribution in [0.1, 0.15) is 39.0 Å². The van der Waals surface area contributed by atoms with Crippen molar-refractivity contribution in [2.45, 2.75) is 56.8 Å². The summed E-state index contributed by atoms with van der Waals surface area (Å²) in [5.74, 6) is -0.290. The van der Waals surface area contributed by atoms with Crippen LogP contribution in [-0.2, 0) is 11.3 Å². The summed E-state index contributed by atoms with van der Waals surface area (Å²) in [4.78, 5) is 18.0. The van der Waals surface area contributed by atoms with Gasteiger partial charge in [-0.15, -0.1) is 0 Å². The number of fused-ring (bicyclic) bond motifs is 1. The molecule has 184 valence electrons. The predicted molar refractivity (Wildman–Crippen MR) is 136 cm³/mol. The number of carbonyl (C=O) groups is 1. The van der Waals surface area contributed by atoms with E-state index in [0.717, 1.165) is 32.1 Å². The number of nitrogens with zero attached hydrogens (tertiary/aromatic N) is 5. The molecular formula is C25H29ClN6O3. The Morgan fingerprint density at radius 1 is 1.31 bits per heavy atom. The SMILES string of the molecule is COc1ccc(Cl)cc1-c1nn(CC2(O)CCCCC2)cc1NC(=O)C1C=NN2C=CC=NC12C. The number of aliphatic imine (C=N–C) groups is 1. The van der Waals surface area contributed by atoms with Crippen LogP contribution < -0.4 is 10.1 Å². The topological polar surface area (TPSA) is 104 Å². The summed E-state index contributed by atoms with van der Waals surface area (Å²) in [5, 5.41) is 25.5. The van der Waals surface area contributed by atoms with Crippen LogP contribution in [0.4, 0.5) is 5.69 Å². The molecule has 5 rings (SSSR count). The smallest absolute Gasteiger partial charge is 0.237 e. The molecule has 2 aliphatic heterocycles. The fourth-order valence-electron chi connectivity index (χ4n) is 5.04. The van der Waals surface area contributed by atoms with E-state index in [9.17, 15) is 9.90 Å². The zero-order valence-corrected chi connectivity index (χ0v) is 20.6. The molecule has 2 unspecified atom stereocenters. The number of anilines is 1. The molecule has 0 spiro atoms. The van der Waals surface area contributed by atoms with Gasteiger partial charge >= 0.3 is 0 Å². The molecule has 9 nitrogen and oxygen atoms in total. The Balaban J connectivity index is 1.49. The van der Waals surface area contributed by atoms with E-state index in [2.05, 4.69) is 15.4 Å². The quantitative estimate of drug-likeness (QED) is 0.627. The molecule has 10 heteroatoms. The Labute approximate surface area is 209 Å². The Hall–Kier alpha value is -3.17. The number of hydrogen-bond acceptors (Lipinski definition) is 7. The van der Waals surface area contributed by atoms with Gasteiger partial charge in [-0.05, 0) is 44.0 Å². The van der Waals surface area contributed by atoms with E-state index >= 15 is 0 Å². The Morgan fingerprint density at radius 3 is 2.89 bits per heavy atom. The molecular weight excluding hydrogens is 468 g/mol. The van der Waals surface area contributed by atoms with Crippen LogP contribution in [0.15, 0.2) is 46.8 Å². The van der Waals surface area contributed by atoms with E-state index in [-0.39, 0.29) is 5.91 Å². The standard InChI is InChI=1S/C25H29ClN6O3/c1-24-19(14-28-32(24)12-6-11-27-24)23(33)29-20-15-31(16-25(34)9-4-3-5-10-25)30-22(20)18-13-17(26)7-8-21(18)35-2/h6-8,11-15,19,34H,3-5,9-10,16H2,1-2H3,(H,29,33). The number of nitrogens with one attached hydrogen (secondary N) is 1. The maximum absolute atomic E-state index is 13.5. The number of hydrogen-bond donors (Lipinski definition) is 2. The number of halogens is 1. The molecule has 2 aromatic rings. The van der Waals surface area contributed by atoms with Gasteiger partial charge in [0.25, 0.3) is 0 Å². The Kier molecular flexibility index (Phi) is 6.14. The van der Waals surface area contributed by atoms with E-state index < -0.39 is 17.2 Å². The number of benzene rings is 1. The summed E-state index contributed by atoms with van der Waals surface area (Å²) in [6.07, 6.45) is 13.2. The number of carbonyl (C=O) groups excluding carboxylic acids is 1. The van der Waals surface area contributed by atoms with Gasteiger partial charge in [-0.3, -0.25) is 14.5 Å². The molecule has 1 aliphatic carbocycles. The zero-order valence-electron chi connectivity index (χ0n) is 19.8. The average Bonchev–Trinajstić information content (AvgIpc) is 3.39. The summed E-state index contributed by atoms with van der Waals surface area (Å²) in [6.45, 7) is 2.21. The van der Waals surface area contributed by atoms with Crippen LogP contribution in [0.5, 0.6) is 5.75 Å². The van der Waals surface area contributed by atoms with Gasteiger partial charge < -0.3 is 15.2 Å². The van der Waals surface area contributed by atoms with Crippen molar-refractivity contribution < 1.29 is 14.6 Å². The lowest BCUT2D eigenvalue weighted by Crippen LogP contribution is -2.47. The molecule has 1 aromatic heterocycles. The van der Waals surface area contributed by atoms with Crippen LogP contribution >= 0.6 is 11.6 Å². The molecule has 1 aromatic carbocycles. The summed E-state index contributed by atoms with van der Waals surface area (Å²) in [6, 6.07) is 5.26. The zero-order chi connectivity index (χ0) is 24.6. The second-order valence-electron chi connectivity index (χ2n) is 9.51. The van der Waals surface area contributed by atoms with Gasteiger partial charge in [-0.2, -0.15) is 10.2 Å². The highest BCUT2D eigenvalue weighted by Crippen LogP contribution is 2.39. The highest BCUT2D eigenvalue weighted by Gasteiger charge is 2.47. The first-order valence-electron chi connectivity index (χ1n) is 11.8.